The van der Waals surface area contributed by atoms with Gasteiger partial charge in [0.1, 0.15) is 6.20 Å². The number of aryl methyl sites for hydroxylation is 3. The number of carbonyl (C=O) groups is 3. The number of anilines is 2. The van der Waals surface area contributed by atoms with Crippen LogP contribution in [0.3, 0.4) is 0 Å². The van der Waals surface area contributed by atoms with Crippen molar-refractivity contribution in [2.24, 2.45) is 21.1 Å². The zero-order valence-electron chi connectivity index (χ0n) is 17.5. The molecule has 2 amide bonds. The molecule has 0 aliphatic rings. The number of carbonyl (C=O) groups excluding carboxylic acids is 3. The van der Waals surface area contributed by atoms with E-state index in [2.05, 4.69) is 25.6 Å². The highest BCUT2D eigenvalue weighted by molar-refractivity contribution is 6.04. The zero-order valence-corrected chi connectivity index (χ0v) is 17.5. The molecule has 0 fully saturated rings. The normalized spacial score (nSPS) is 10.6. The number of imidazole rings is 3. The van der Waals surface area contributed by atoms with Crippen molar-refractivity contribution in [3.05, 3.63) is 46.2 Å². The van der Waals surface area contributed by atoms with Crippen LogP contribution in [0.25, 0.3) is 0 Å². The van der Waals surface area contributed by atoms with Crippen LogP contribution < -0.4 is 10.6 Å². The van der Waals surface area contributed by atoms with Crippen LogP contribution in [-0.2, 0) is 25.9 Å². The number of amides is 2. The van der Waals surface area contributed by atoms with Crippen molar-refractivity contribution in [3.8, 4) is 0 Å². The SMILES string of the molecule is CCOC(=O)c1nc(NC(=O)c2nc(NC(=O)c3nc([N+](=O)[O-])cn3C)cn2C)cn1C. The van der Waals surface area contributed by atoms with Gasteiger partial charge >= 0.3 is 23.5 Å². The van der Waals surface area contributed by atoms with E-state index >= 15 is 0 Å². The standard InChI is InChI=1S/C17H19N9O6/c1-5-32-17(29)14-19-10(7-24(14)3)21-15(27)12-18-9(6-23(12)2)20-16(28)13-22-11(26(30)31)8-25(13)4/h6-8H,5H2,1-4H3,(H,20,28)(H,21,27). The lowest BCUT2D eigenvalue weighted by Crippen LogP contribution is -2.18. The monoisotopic (exact) mass is 445 g/mol. The smallest absolute Gasteiger partial charge is 0.382 e. The van der Waals surface area contributed by atoms with E-state index in [1.54, 1.807) is 14.0 Å². The molecule has 3 aromatic heterocycles. The van der Waals surface area contributed by atoms with Gasteiger partial charge in [0.05, 0.1) is 6.61 Å². The van der Waals surface area contributed by atoms with Crippen LogP contribution in [0.4, 0.5) is 17.5 Å². The Labute approximate surface area is 180 Å². The minimum Gasteiger partial charge on any atom is -0.460 e. The van der Waals surface area contributed by atoms with Crippen LogP contribution >= 0.6 is 0 Å². The van der Waals surface area contributed by atoms with Gasteiger partial charge in [-0.1, -0.05) is 0 Å². The molecular formula is C17H19N9O6. The molecule has 0 spiro atoms. The average molecular weight is 445 g/mol. The van der Waals surface area contributed by atoms with Crippen molar-refractivity contribution in [1.29, 1.82) is 0 Å². The Kier molecular flexibility index (Phi) is 5.99. The highest BCUT2D eigenvalue weighted by Gasteiger charge is 2.25. The molecule has 0 aromatic carbocycles. The molecule has 168 valence electrons. The lowest BCUT2D eigenvalue weighted by atomic mass is 10.5. The molecule has 0 saturated heterocycles. The molecule has 3 heterocycles. The first-order valence-electron chi connectivity index (χ1n) is 9.15. The van der Waals surface area contributed by atoms with Crippen LogP contribution in [0.5, 0.6) is 0 Å². The summed E-state index contributed by atoms with van der Waals surface area (Å²) in [7, 11) is 4.54. The fraction of sp³-hybridized carbons (Fsp3) is 0.294. The summed E-state index contributed by atoms with van der Waals surface area (Å²) in [6.45, 7) is 1.84. The minimum absolute atomic E-state index is 0.0131. The van der Waals surface area contributed by atoms with Crippen molar-refractivity contribution in [1.82, 2.24) is 28.7 Å². The highest BCUT2D eigenvalue weighted by atomic mass is 16.6. The summed E-state index contributed by atoms with van der Waals surface area (Å²) in [5.41, 5.74) is 0. The second kappa shape index (κ2) is 8.66. The van der Waals surface area contributed by atoms with Gasteiger partial charge in [0, 0.05) is 33.5 Å². The maximum Gasteiger partial charge on any atom is 0.382 e. The van der Waals surface area contributed by atoms with Gasteiger partial charge in [0.2, 0.25) is 11.6 Å². The third kappa shape index (κ3) is 4.45. The van der Waals surface area contributed by atoms with Gasteiger partial charge in [0.15, 0.2) is 11.6 Å². The molecule has 0 aliphatic carbocycles. The van der Waals surface area contributed by atoms with Crippen LogP contribution in [-0.4, -0.2) is 58.0 Å². The number of hydrogen-bond acceptors (Lipinski definition) is 9. The molecular weight excluding hydrogens is 426 g/mol. The second-order valence-electron chi connectivity index (χ2n) is 6.54. The van der Waals surface area contributed by atoms with E-state index in [-0.39, 0.29) is 35.7 Å². The van der Waals surface area contributed by atoms with Crippen molar-refractivity contribution in [3.63, 3.8) is 0 Å². The Morgan fingerprint density at radius 3 is 1.88 bits per heavy atom. The molecule has 0 saturated carbocycles. The maximum atomic E-state index is 12.6. The highest BCUT2D eigenvalue weighted by Crippen LogP contribution is 2.14. The first kappa shape index (κ1) is 22.1. The summed E-state index contributed by atoms with van der Waals surface area (Å²) in [6.07, 6.45) is 3.92. The molecule has 0 atom stereocenters. The molecule has 3 aromatic rings. The minimum atomic E-state index is -0.741. The van der Waals surface area contributed by atoms with Gasteiger partial charge in [-0.25, -0.2) is 14.8 Å². The number of rotatable bonds is 7. The van der Waals surface area contributed by atoms with E-state index in [0.717, 1.165) is 6.20 Å². The summed E-state index contributed by atoms with van der Waals surface area (Å²) in [6, 6.07) is 0. The Morgan fingerprint density at radius 1 is 0.906 bits per heavy atom. The van der Waals surface area contributed by atoms with Gasteiger partial charge in [0.25, 0.3) is 5.91 Å². The zero-order chi connectivity index (χ0) is 23.6. The summed E-state index contributed by atoms with van der Waals surface area (Å²) < 4.78 is 8.86. The maximum absolute atomic E-state index is 12.6. The van der Waals surface area contributed by atoms with Crippen LogP contribution in [0.15, 0.2) is 18.6 Å². The van der Waals surface area contributed by atoms with Crippen molar-refractivity contribution < 1.29 is 24.0 Å². The number of esters is 1. The molecule has 0 unspecified atom stereocenters. The summed E-state index contributed by atoms with van der Waals surface area (Å²) in [5, 5.41) is 15.8. The van der Waals surface area contributed by atoms with E-state index in [9.17, 15) is 24.5 Å². The van der Waals surface area contributed by atoms with E-state index < -0.39 is 28.5 Å². The van der Waals surface area contributed by atoms with Crippen LogP contribution in [0, 0.1) is 10.1 Å². The Morgan fingerprint density at radius 2 is 1.38 bits per heavy atom. The molecule has 0 bridgehead atoms. The molecule has 2 N–H and O–H groups in total. The van der Waals surface area contributed by atoms with Crippen LogP contribution in [0.1, 0.15) is 38.8 Å². The van der Waals surface area contributed by atoms with E-state index in [0.29, 0.717) is 0 Å². The number of nitro groups is 1. The van der Waals surface area contributed by atoms with Gasteiger partial charge in [-0.3, -0.25) is 9.59 Å². The number of nitrogens with one attached hydrogen (secondary N) is 2. The number of hydrogen-bond donors (Lipinski definition) is 2. The predicted octanol–water partition coefficient (Wildman–Crippen LogP) is 0.477. The van der Waals surface area contributed by atoms with E-state index in [4.69, 9.17) is 4.74 Å². The molecule has 0 radical (unpaired) electrons. The lowest BCUT2D eigenvalue weighted by Gasteiger charge is -2.01. The first-order chi connectivity index (χ1) is 15.1. The third-order valence-corrected chi connectivity index (χ3v) is 4.15. The summed E-state index contributed by atoms with van der Waals surface area (Å²) in [5.74, 6) is -2.61. The summed E-state index contributed by atoms with van der Waals surface area (Å²) in [4.78, 5) is 58.7. The van der Waals surface area contributed by atoms with Gasteiger partial charge < -0.3 is 39.2 Å². The number of aromatic nitrogens is 6. The van der Waals surface area contributed by atoms with Gasteiger partial charge in [-0.05, 0) is 16.8 Å². The van der Waals surface area contributed by atoms with Gasteiger partial charge in [-0.15, -0.1) is 0 Å². The van der Waals surface area contributed by atoms with E-state index in [1.807, 2.05) is 0 Å². The molecule has 32 heavy (non-hydrogen) atoms. The second-order valence-corrected chi connectivity index (χ2v) is 6.54. The topological polar surface area (TPSA) is 181 Å². The number of nitrogens with zero attached hydrogens (tertiary/aromatic N) is 7. The molecule has 15 nitrogen and oxygen atoms in total. The Bertz CT molecular complexity index is 1220. The van der Waals surface area contributed by atoms with Crippen molar-refractivity contribution in [2.45, 2.75) is 6.92 Å². The quantitative estimate of drug-likeness (QED) is 0.297. The Balaban J connectivity index is 1.73. The predicted molar refractivity (Wildman–Crippen MR) is 108 cm³/mol. The molecule has 0 aliphatic heterocycles. The fourth-order valence-corrected chi connectivity index (χ4v) is 2.74. The van der Waals surface area contributed by atoms with Crippen molar-refractivity contribution >= 4 is 35.2 Å². The van der Waals surface area contributed by atoms with Crippen LogP contribution in [0.2, 0.25) is 0 Å². The summed E-state index contributed by atoms with van der Waals surface area (Å²) >= 11 is 0. The largest absolute Gasteiger partial charge is 0.460 e. The van der Waals surface area contributed by atoms with Gasteiger partial charge in [-0.2, -0.15) is 0 Å². The fourth-order valence-electron chi connectivity index (χ4n) is 2.74. The number of ether oxygens (including phenoxy) is 1. The average Bonchev–Trinajstić information content (AvgIpc) is 3.38. The van der Waals surface area contributed by atoms with E-state index in [1.165, 1.54) is 40.2 Å². The molecule has 3 rings (SSSR count). The lowest BCUT2D eigenvalue weighted by molar-refractivity contribution is -0.389. The first-order valence-corrected chi connectivity index (χ1v) is 9.15. The third-order valence-electron chi connectivity index (χ3n) is 4.15. The Hall–Kier alpha value is -4.56. The van der Waals surface area contributed by atoms with Crippen molar-refractivity contribution in [2.75, 3.05) is 17.2 Å². The molecule has 15 heteroatoms.